The molecule has 0 aliphatic carbocycles. The number of ether oxygens (including phenoxy) is 2. The van der Waals surface area contributed by atoms with Crippen molar-refractivity contribution in [3.05, 3.63) is 28.2 Å². The molecule has 5 heteroatoms. The van der Waals surface area contributed by atoms with E-state index in [4.69, 9.17) is 15.2 Å². The van der Waals surface area contributed by atoms with Gasteiger partial charge in [-0.25, -0.2) is 0 Å². The highest BCUT2D eigenvalue weighted by Gasteiger charge is 2.13. The largest absolute Gasteiger partial charge is 0.497 e. The highest BCUT2D eigenvalue weighted by atomic mass is 79.9. The van der Waals surface area contributed by atoms with E-state index in [1.807, 2.05) is 18.2 Å². The average Bonchev–Trinajstić information content (AvgIpc) is 2.36. The van der Waals surface area contributed by atoms with Gasteiger partial charge < -0.3 is 15.2 Å². The van der Waals surface area contributed by atoms with Gasteiger partial charge in [0, 0.05) is 16.9 Å². The minimum absolute atomic E-state index is 0.199. The summed E-state index contributed by atoms with van der Waals surface area (Å²) < 4.78 is 10.9. The number of benzene rings is 1. The van der Waals surface area contributed by atoms with Crippen LogP contribution in [0.25, 0.3) is 0 Å². The first-order valence-electron chi connectivity index (χ1n) is 5.83. The van der Waals surface area contributed by atoms with E-state index >= 15 is 0 Å². The number of esters is 1. The normalized spacial score (nSPS) is 12.0. The first kappa shape index (κ1) is 15.0. The minimum Gasteiger partial charge on any atom is -0.497 e. The summed E-state index contributed by atoms with van der Waals surface area (Å²) in [6, 6.07) is 5.41. The van der Waals surface area contributed by atoms with Crippen LogP contribution in [-0.4, -0.2) is 19.7 Å². The molecule has 0 bridgehead atoms. The molecule has 1 rings (SSSR count). The predicted molar refractivity (Wildman–Crippen MR) is 73.5 cm³/mol. The number of halogens is 1. The standard InChI is InChI=1S/C13H18BrNO3/c1-3-18-13(16)7-6-12(15)10-5-4-9(17-2)8-11(10)14/h4-5,8,12H,3,6-7,15H2,1-2H3. The summed E-state index contributed by atoms with van der Waals surface area (Å²) in [5.74, 6) is 0.556. The fourth-order valence-electron chi connectivity index (χ4n) is 1.60. The molecule has 0 heterocycles. The monoisotopic (exact) mass is 315 g/mol. The molecule has 100 valence electrons. The maximum atomic E-state index is 11.3. The molecular formula is C13H18BrNO3. The van der Waals surface area contributed by atoms with Crippen LogP contribution in [0.3, 0.4) is 0 Å². The van der Waals surface area contributed by atoms with Crippen LogP contribution in [0.15, 0.2) is 22.7 Å². The average molecular weight is 316 g/mol. The molecule has 0 aliphatic heterocycles. The third-order valence-corrected chi connectivity index (χ3v) is 3.26. The summed E-state index contributed by atoms with van der Waals surface area (Å²) in [5.41, 5.74) is 7.01. The molecule has 4 nitrogen and oxygen atoms in total. The van der Waals surface area contributed by atoms with Crippen molar-refractivity contribution in [3.8, 4) is 5.75 Å². The first-order valence-corrected chi connectivity index (χ1v) is 6.62. The summed E-state index contributed by atoms with van der Waals surface area (Å²) in [5, 5.41) is 0. The lowest BCUT2D eigenvalue weighted by Crippen LogP contribution is -2.14. The van der Waals surface area contributed by atoms with Gasteiger partial charge in [-0.15, -0.1) is 0 Å². The van der Waals surface area contributed by atoms with Gasteiger partial charge in [-0.2, -0.15) is 0 Å². The molecule has 0 spiro atoms. The van der Waals surface area contributed by atoms with Crippen molar-refractivity contribution in [3.63, 3.8) is 0 Å². The van der Waals surface area contributed by atoms with Crippen molar-refractivity contribution >= 4 is 21.9 Å². The Hall–Kier alpha value is -1.07. The molecule has 2 N–H and O–H groups in total. The van der Waals surface area contributed by atoms with E-state index in [9.17, 15) is 4.79 Å². The Kier molecular flexibility index (Phi) is 6.15. The van der Waals surface area contributed by atoms with Gasteiger partial charge in [-0.1, -0.05) is 22.0 Å². The molecule has 0 saturated heterocycles. The summed E-state index contributed by atoms with van der Waals surface area (Å²) in [6.45, 7) is 2.19. The Morgan fingerprint density at radius 2 is 2.22 bits per heavy atom. The molecule has 1 atom stereocenters. The summed E-state index contributed by atoms with van der Waals surface area (Å²) in [7, 11) is 1.61. The Morgan fingerprint density at radius 3 is 2.78 bits per heavy atom. The zero-order chi connectivity index (χ0) is 13.5. The third kappa shape index (κ3) is 4.31. The van der Waals surface area contributed by atoms with Crippen LogP contribution in [0.5, 0.6) is 5.75 Å². The SMILES string of the molecule is CCOC(=O)CCC(N)c1ccc(OC)cc1Br. The van der Waals surface area contributed by atoms with Crippen LogP contribution in [0.2, 0.25) is 0 Å². The van der Waals surface area contributed by atoms with Gasteiger partial charge in [0.25, 0.3) is 0 Å². The highest BCUT2D eigenvalue weighted by Crippen LogP contribution is 2.28. The molecule has 1 unspecified atom stereocenters. The number of hydrogen-bond acceptors (Lipinski definition) is 4. The van der Waals surface area contributed by atoms with Crippen LogP contribution in [0.1, 0.15) is 31.4 Å². The van der Waals surface area contributed by atoms with Crippen molar-refractivity contribution in [1.82, 2.24) is 0 Å². The second-order valence-corrected chi connectivity index (χ2v) is 4.69. The summed E-state index contributed by atoms with van der Waals surface area (Å²) in [4.78, 5) is 11.3. The van der Waals surface area contributed by atoms with E-state index in [2.05, 4.69) is 15.9 Å². The zero-order valence-electron chi connectivity index (χ0n) is 10.6. The van der Waals surface area contributed by atoms with E-state index in [0.717, 1.165) is 15.8 Å². The topological polar surface area (TPSA) is 61.5 Å². The Morgan fingerprint density at radius 1 is 1.50 bits per heavy atom. The van der Waals surface area contributed by atoms with Gasteiger partial charge in [0.05, 0.1) is 13.7 Å². The number of methoxy groups -OCH3 is 1. The molecule has 1 aromatic carbocycles. The van der Waals surface area contributed by atoms with Gasteiger partial charge in [0.1, 0.15) is 5.75 Å². The Bertz CT molecular complexity index is 409. The Balaban J connectivity index is 2.61. The molecule has 0 fully saturated rings. The molecule has 0 aliphatic rings. The van der Waals surface area contributed by atoms with Gasteiger partial charge in [-0.3, -0.25) is 4.79 Å². The van der Waals surface area contributed by atoms with Crippen LogP contribution < -0.4 is 10.5 Å². The van der Waals surface area contributed by atoms with Crippen LogP contribution in [0, 0.1) is 0 Å². The van der Waals surface area contributed by atoms with E-state index in [-0.39, 0.29) is 12.0 Å². The second kappa shape index (κ2) is 7.38. The van der Waals surface area contributed by atoms with E-state index in [1.54, 1.807) is 14.0 Å². The van der Waals surface area contributed by atoms with E-state index < -0.39 is 0 Å². The second-order valence-electron chi connectivity index (χ2n) is 3.84. The predicted octanol–water partition coefficient (Wildman–Crippen LogP) is 2.80. The fraction of sp³-hybridized carbons (Fsp3) is 0.462. The maximum Gasteiger partial charge on any atom is 0.305 e. The van der Waals surface area contributed by atoms with Gasteiger partial charge in [0.2, 0.25) is 0 Å². The quantitative estimate of drug-likeness (QED) is 0.820. The summed E-state index contributed by atoms with van der Waals surface area (Å²) in [6.07, 6.45) is 0.886. The van der Waals surface area contributed by atoms with Crippen LogP contribution in [-0.2, 0) is 9.53 Å². The number of rotatable bonds is 6. The molecule has 18 heavy (non-hydrogen) atoms. The molecule has 0 amide bonds. The molecule has 0 saturated carbocycles. The lowest BCUT2D eigenvalue weighted by Gasteiger charge is -2.14. The zero-order valence-corrected chi connectivity index (χ0v) is 12.2. The highest BCUT2D eigenvalue weighted by molar-refractivity contribution is 9.10. The van der Waals surface area contributed by atoms with E-state index in [0.29, 0.717) is 19.4 Å². The minimum atomic E-state index is -0.211. The summed E-state index contributed by atoms with van der Waals surface area (Å²) >= 11 is 3.45. The number of hydrogen-bond donors (Lipinski definition) is 1. The van der Waals surface area contributed by atoms with Gasteiger partial charge in [0.15, 0.2) is 0 Å². The third-order valence-electron chi connectivity index (χ3n) is 2.57. The maximum absolute atomic E-state index is 11.3. The lowest BCUT2D eigenvalue weighted by atomic mass is 10.0. The first-order chi connectivity index (χ1) is 8.58. The number of carbonyl (C=O) groups is 1. The van der Waals surface area contributed by atoms with Crippen molar-refractivity contribution < 1.29 is 14.3 Å². The van der Waals surface area contributed by atoms with Crippen molar-refractivity contribution in [2.45, 2.75) is 25.8 Å². The fourth-order valence-corrected chi connectivity index (χ4v) is 2.25. The van der Waals surface area contributed by atoms with Crippen LogP contribution >= 0.6 is 15.9 Å². The molecule has 1 aromatic rings. The molecular weight excluding hydrogens is 298 g/mol. The van der Waals surface area contributed by atoms with E-state index in [1.165, 1.54) is 0 Å². The Labute approximate surface area is 116 Å². The molecule has 0 radical (unpaired) electrons. The smallest absolute Gasteiger partial charge is 0.305 e. The van der Waals surface area contributed by atoms with Crippen molar-refractivity contribution in [2.75, 3.05) is 13.7 Å². The van der Waals surface area contributed by atoms with Crippen molar-refractivity contribution in [2.24, 2.45) is 5.73 Å². The lowest BCUT2D eigenvalue weighted by molar-refractivity contribution is -0.143. The van der Waals surface area contributed by atoms with Crippen LogP contribution in [0.4, 0.5) is 0 Å². The van der Waals surface area contributed by atoms with Crippen molar-refractivity contribution in [1.29, 1.82) is 0 Å². The van der Waals surface area contributed by atoms with Gasteiger partial charge in [-0.05, 0) is 31.0 Å². The molecule has 0 aromatic heterocycles. The number of nitrogens with two attached hydrogens (primary N) is 1. The number of carbonyl (C=O) groups excluding carboxylic acids is 1. The van der Waals surface area contributed by atoms with Gasteiger partial charge >= 0.3 is 5.97 Å².